The summed E-state index contributed by atoms with van der Waals surface area (Å²) in [6.45, 7) is 21.0. The quantitative estimate of drug-likeness (QED) is 0.847. The molecule has 3 nitrogen and oxygen atoms in total. The van der Waals surface area contributed by atoms with Gasteiger partial charge in [-0.3, -0.25) is 4.79 Å². The van der Waals surface area contributed by atoms with Crippen LogP contribution in [0.1, 0.15) is 12.0 Å². The Hall–Kier alpha value is -2.81. The molecule has 3 heteroatoms. The summed E-state index contributed by atoms with van der Waals surface area (Å²) >= 11 is 0. The highest BCUT2D eigenvalue weighted by molar-refractivity contribution is 5.98. The first kappa shape index (κ1) is 16.1. The molecule has 2 aliphatic rings. The lowest BCUT2D eigenvalue weighted by Crippen LogP contribution is -2.51. The fourth-order valence-electron chi connectivity index (χ4n) is 3.34. The molecule has 1 heterocycles. The molecule has 1 saturated carbocycles. The van der Waals surface area contributed by atoms with Crippen LogP contribution in [-0.4, -0.2) is 22.9 Å². The van der Waals surface area contributed by atoms with E-state index >= 15 is 0 Å². The third-order valence-corrected chi connectivity index (χ3v) is 4.88. The number of hydrogen-bond donors (Lipinski definition) is 1. The number of amides is 1. The molecule has 0 bridgehead atoms. The van der Waals surface area contributed by atoms with Crippen molar-refractivity contribution in [1.29, 1.82) is 0 Å². The first-order valence-electron chi connectivity index (χ1n) is 7.96. The van der Waals surface area contributed by atoms with Crippen molar-refractivity contribution in [3.8, 4) is 0 Å². The summed E-state index contributed by atoms with van der Waals surface area (Å²) in [4.78, 5) is 14.6. The van der Waals surface area contributed by atoms with E-state index in [1.54, 1.807) is 0 Å². The first-order chi connectivity index (χ1) is 11.4. The van der Waals surface area contributed by atoms with Gasteiger partial charge in [0, 0.05) is 12.2 Å². The second-order valence-corrected chi connectivity index (χ2v) is 6.37. The Balaban J connectivity index is 2.02. The lowest BCUT2D eigenvalue weighted by atomic mass is 9.80. The van der Waals surface area contributed by atoms with Crippen LogP contribution in [0.5, 0.6) is 0 Å². The van der Waals surface area contributed by atoms with E-state index in [-0.39, 0.29) is 18.0 Å². The molecule has 1 amide bonds. The van der Waals surface area contributed by atoms with E-state index in [2.05, 4.69) is 55.2 Å². The lowest BCUT2D eigenvalue weighted by Gasteiger charge is -2.42. The number of nitrogens with one attached hydrogen (secondary N) is 1. The van der Waals surface area contributed by atoms with Crippen molar-refractivity contribution < 1.29 is 4.79 Å². The van der Waals surface area contributed by atoms with Gasteiger partial charge in [0.2, 0.25) is 0 Å². The normalized spacial score (nSPS) is 24.6. The van der Waals surface area contributed by atoms with Crippen molar-refractivity contribution >= 4 is 5.91 Å². The average molecular weight is 318 g/mol. The number of rotatable bonds is 2. The maximum atomic E-state index is 12.4. The maximum Gasteiger partial charge on any atom is 0.253 e. The number of carbonyl (C=O) groups excluding carboxylic acids is 1. The van der Waals surface area contributed by atoms with Crippen LogP contribution in [-0.2, 0) is 11.3 Å². The Bertz CT molecular complexity index is 772. The molecule has 1 saturated heterocycles. The molecule has 1 aromatic carbocycles. The molecule has 2 atom stereocenters. The second-order valence-electron chi connectivity index (χ2n) is 6.37. The van der Waals surface area contributed by atoms with Crippen molar-refractivity contribution in [3.63, 3.8) is 0 Å². The van der Waals surface area contributed by atoms with Gasteiger partial charge in [-0.05, 0) is 28.7 Å². The van der Waals surface area contributed by atoms with Crippen LogP contribution in [0.3, 0.4) is 0 Å². The van der Waals surface area contributed by atoms with E-state index in [1.807, 2.05) is 18.2 Å². The van der Waals surface area contributed by atoms with Gasteiger partial charge in [-0.1, -0.05) is 63.2 Å². The van der Waals surface area contributed by atoms with Crippen LogP contribution in [0.25, 0.3) is 0 Å². The Morgan fingerprint density at radius 1 is 1.04 bits per heavy atom. The number of benzene rings is 1. The largest absolute Gasteiger partial charge is 0.361 e. The minimum atomic E-state index is -0.213. The molecule has 2 fully saturated rings. The molecule has 2 unspecified atom stereocenters. The predicted molar refractivity (Wildman–Crippen MR) is 98.0 cm³/mol. The summed E-state index contributed by atoms with van der Waals surface area (Å²) in [6, 6.07) is 9.93. The summed E-state index contributed by atoms with van der Waals surface area (Å²) in [6.07, 6.45) is 0.710. The molecule has 1 aromatic rings. The van der Waals surface area contributed by atoms with Crippen molar-refractivity contribution in [2.45, 2.75) is 25.0 Å². The van der Waals surface area contributed by atoms with Gasteiger partial charge in [-0.25, -0.2) is 0 Å². The Morgan fingerprint density at radius 2 is 1.71 bits per heavy atom. The zero-order valence-electron chi connectivity index (χ0n) is 13.8. The van der Waals surface area contributed by atoms with Crippen molar-refractivity contribution in [3.05, 3.63) is 96.8 Å². The van der Waals surface area contributed by atoms with E-state index < -0.39 is 0 Å². The zero-order chi connectivity index (χ0) is 17.4. The number of fused-ring (bicyclic) bond motifs is 1. The molecule has 0 spiro atoms. The summed E-state index contributed by atoms with van der Waals surface area (Å²) in [7, 11) is 0. The third kappa shape index (κ3) is 2.62. The lowest BCUT2D eigenvalue weighted by molar-refractivity contribution is -0.117. The molecular weight excluding hydrogens is 296 g/mol. The monoisotopic (exact) mass is 318 g/mol. The van der Waals surface area contributed by atoms with Crippen LogP contribution in [0.2, 0.25) is 0 Å². The van der Waals surface area contributed by atoms with E-state index in [1.165, 1.54) is 0 Å². The molecule has 0 aromatic heterocycles. The Morgan fingerprint density at radius 3 is 2.38 bits per heavy atom. The average Bonchev–Trinajstić information content (AvgIpc) is 2.66. The molecule has 0 radical (unpaired) electrons. The highest BCUT2D eigenvalue weighted by Gasteiger charge is 2.40. The van der Waals surface area contributed by atoms with Crippen LogP contribution < -0.4 is 5.32 Å². The van der Waals surface area contributed by atoms with Gasteiger partial charge in [0.15, 0.2) is 0 Å². The molecule has 122 valence electrons. The van der Waals surface area contributed by atoms with E-state index in [4.69, 9.17) is 0 Å². The minimum Gasteiger partial charge on any atom is -0.361 e. The van der Waals surface area contributed by atoms with Gasteiger partial charge in [-0.2, -0.15) is 0 Å². The Labute approximate surface area is 143 Å². The smallest absolute Gasteiger partial charge is 0.253 e. The second kappa shape index (κ2) is 6.00. The summed E-state index contributed by atoms with van der Waals surface area (Å²) in [5.74, 6) is -0.202. The molecule has 1 aliphatic heterocycles. The van der Waals surface area contributed by atoms with E-state index in [0.29, 0.717) is 24.2 Å². The van der Waals surface area contributed by atoms with Gasteiger partial charge >= 0.3 is 0 Å². The van der Waals surface area contributed by atoms with Gasteiger partial charge in [0.1, 0.15) is 0 Å². The van der Waals surface area contributed by atoms with Crippen LogP contribution >= 0.6 is 0 Å². The number of hydrogen-bond acceptors (Lipinski definition) is 2. The zero-order valence-corrected chi connectivity index (χ0v) is 13.8. The van der Waals surface area contributed by atoms with E-state index in [0.717, 1.165) is 22.3 Å². The molecule has 1 N–H and O–H groups in total. The molecular formula is C21H22N2O. The first-order valence-corrected chi connectivity index (χ1v) is 7.96. The van der Waals surface area contributed by atoms with Gasteiger partial charge in [-0.15, -0.1) is 0 Å². The summed E-state index contributed by atoms with van der Waals surface area (Å²) in [5, 5.41) is 3.04. The molecule has 3 rings (SSSR count). The third-order valence-electron chi connectivity index (χ3n) is 4.88. The molecule has 24 heavy (non-hydrogen) atoms. The summed E-state index contributed by atoms with van der Waals surface area (Å²) in [5.41, 5.74) is 4.79. The fourth-order valence-corrected chi connectivity index (χ4v) is 3.34. The van der Waals surface area contributed by atoms with Crippen LogP contribution in [0, 0.1) is 0 Å². The highest BCUT2D eigenvalue weighted by atomic mass is 16.1. The van der Waals surface area contributed by atoms with Crippen molar-refractivity contribution in [1.82, 2.24) is 10.2 Å². The van der Waals surface area contributed by atoms with Gasteiger partial charge in [0.25, 0.3) is 5.91 Å². The van der Waals surface area contributed by atoms with Crippen molar-refractivity contribution in [2.24, 2.45) is 0 Å². The SMILES string of the molecule is C=C1CC2C(NC(=O)C(=C)C(=C)N2Cc2ccccc2)C(=C)C1=C. The fraction of sp³-hybridized carbons (Fsp3) is 0.190. The standard InChI is InChI=1S/C21H22N2O/c1-13-11-19-20(15(3)14(13)2)22-21(24)16(4)17(5)23(19)12-18-9-7-6-8-10-18/h6-10,19-20H,1-5,11-12H2,(H,22,24). The topological polar surface area (TPSA) is 32.3 Å². The maximum absolute atomic E-state index is 12.4. The minimum absolute atomic E-state index is 0.00593. The van der Waals surface area contributed by atoms with Crippen molar-refractivity contribution in [2.75, 3.05) is 0 Å². The molecule has 1 aliphatic carbocycles. The number of nitrogens with zero attached hydrogens (tertiary/aromatic N) is 1. The predicted octanol–water partition coefficient (Wildman–Crippen LogP) is 3.50. The highest BCUT2D eigenvalue weighted by Crippen LogP contribution is 2.38. The van der Waals surface area contributed by atoms with Crippen LogP contribution in [0.15, 0.2) is 91.2 Å². The van der Waals surface area contributed by atoms with Gasteiger partial charge < -0.3 is 10.2 Å². The summed E-state index contributed by atoms with van der Waals surface area (Å²) < 4.78 is 0. The van der Waals surface area contributed by atoms with Gasteiger partial charge in [0.05, 0.1) is 17.7 Å². The van der Waals surface area contributed by atoms with E-state index in [9.17, 15) is 4.79 Å². The van der Waals surface area contributed by atoms with Crippen LogP contribution in [0.4, 0.5) is 0 Å². The Kier molecular flexibility index (Phi) is 4.02. The number of carbonyl (C=O) groups is 1.